The first-order chi connectivity index (χ1) is 14.7. The molecule has 0 saturated heterocycles. The zero-order valence-electron chi connectivity index (χ0n) is 17.4. The lowest BCUT2D eigenvalue weighted by atomic mass is 9.85. The van der Waals surface area contributed by atoms with Gasteiger partial charge in [0.25, 0.3) is 5.56 Å². The first-order valence-corrected chi connectivity index (χ1v) is 10.6. The van der Waals surface area contributed by atoms with E-state index in [4.69, 9.17) is 9.84 Å². The molecular formula is C24H26N4O2. The molecule has 5 rings (SSSR count). The molecule has 0 radical (unpaired) electrons. The highest BCUT2D eigenvalue weighted by atomic mass is 16.5. The molecule has 154 valence electrons. The van der Waals surface area contributed by atoms with Crippen LogP contribution in [-0.4, -0.2) is 26.3 Å². The lowest BCUT2D eigenvalue weighted by molar-refractivity contribution is 0.181. The van der Waals surface area contributed by atoms with E-state index in [1.54, 1.807) is 17.8 Å². The van der Waals surface area contributed by atoms with Crippen molar-refractivity contribution in [1.82, 2.24) is 19.2 Å². The first-order valence-electron chi connectivity index (χ1n) is 10.6. The van der Waals surface area contributed by atoms with E-state index in [0.717, 1.165) is 34.4 Å². The number of ether oxygens (including phenoxy) is 1. The van der Waals surface area contributed by atoms with E-state index in [0.29, 0.717) is 17.9 Å². The van der Waals surface area contributed by atoms with Crippen LogP contribution in [0.3, 0.4) is 0 Å². The predicted octanol–water partition coefficient (Wildman–Crippen LogP) is 4.61. The number of hydrogen-bond donors (Lipinski definition) is 0. The van der Waals surface area contributed by atoms with E-state index in [1.165, 1.54) is 19.3 Å². The van der Waals surface area contributed by atoms with Gasteiger partial charge in [-0.15, -0.1) is 0 Å². The Morgan fingerprint density at radius 2 is 1.93 bits per heavy atom. The van der Waals surface area contributed by atoms with Gasteiger partial charge in [-0.3, -0.25) is 4.79 Å². The minimum atomic E-state index is 0.0192. The lowest BCUT2D eigenvalue weighted by Gasteiger charge is -2.30. The second-order valence-corrected chi connectivity index (χ2v) is 8.27. The topological polar surface area (TPSA) is 61.4 Å². The standard InChI is InChI=1S/C24H26N4O2/c1-16-8-6-7-11-20(16)27-13-12-21-18(24(27)29)14-25-23-22(17-9-4-3-5-10-17)19(15-30-2)26-28(21)23/h3-5,9-10,12-14,16,20H,6-8,11,15H2,1-2H3/t16-,20-/m1/s1. The van der Waals surface area contributed by atoms with E-state index < -0.39 is 0 Å². The maximum Gasteiger partial charge on any atom is 0.261 e. The average Bonchev–Trinajstić information content (AvgIpc) is 3.14. The van der Waals surface area contributed by atoms with Gasteiger partial charge in [0.1, 0.15) is 0 Å². The fourth-order valence-electron chi connectivity index (χ4n) is 4.84. The van der Waals surface area contributed by atoms with Crippen molar-refractivity contribution >= 4 is 16.6 Å². The van der Waals surface area contributed by atoms with Gasteiger partial charge in [-0.25, -0.2) is 9.50 Å². The fourth-order valence-corrected chi connectivity index (χ4v) is 4.84. The summed E-state index contributed by atoms with van der Waals surface area (Å²) in [5.41, 5.74) is 4.34. The van der Waals surface area contributed by atoms with Crippen LogP contribution in [0.25, 0.3) is 27.7 Å². The first kappa shape index (κ1) is 19.0. The SMILES string of the molecule is COCc1nn2c(ncc3c(=O)n([C@@H]4CCCC[C@H]4C)ccc32)c1-c1ccccc1. The van der Waals surface area contributed by atoms with E-state index in [1.807, 2.05) is 47.2 Å². The average molecular weight is 402 g/mol. The maximum atomic E-state index is 13.4. The molecule has 3 aromatic heterocycles. The van der Waals surface area contributed by atoms with Gasteiger partial charge in [0, 0.05) is 25.5 Å². The summed E-state index contributed by atoms with van der Waals surface area (Å²) in [6, 6.07) is 12.3. The molecule has 1 aliphatic carbocycles. The molecule has 3 heterocycles. The largest absolute Gasteiger partial charge is 0.378 e. The molecular weight excluding hydrogens is 376 g/mol. The smallest absolute Gasteiger partial charge is 0.261 e. The number of pyridine rings is 1. The van der Waals surface area contributed by atoms with Crippen LogP contribution in [0.15, 0.2) is 53.6 Å². The van der Waals surface area contributed by atoms with Crippen LogP contribution in [0.2, 0.25) is 0 Å². The maximum absolute atomic E-state index is 13.4. The third-order valence-corrected chi connectivity index (χ3v) is 6.38. The van der Waals surface area contributed by atoms with Gasteiger partial charge in [-0.2, -0.15) is 5.10 Å². The van der Waals surface area contributed by atoms with Crippen LogP contribution in [0, 0.1) is 5.92 Å². The van der Waals surface area contributed by atoms with Crippen molar-refractivity contribution in [2.45, 2.75) is 45.3 Å². The highest BCUT2D eigenvalue weighted by Crippen LogP contribution is 2.33. The van der Waals surface area contributed by atoms with Crippen molar-refractivity contribution in [1.29, 1.82) is 0 Å². The second kappa shape index (κ2) is 7.69. The Labute approximate surface area is 175 Å². The van der Waals surface area contributed by atoms with E-state index in [-0.39, 0.29) is 11.6 Å². The van der Waals surface area contributed by atoms with Gasteiger partial charge in [-0.05, 0) is 30.4 Å². The third kappa shape index (κ3) is 3.03. The number of nitrogens with zero attached hydrogens (tertiary/aromatic N) is 4. The molecule has 0 bridgehead atoms. The molecule has 1 aliphatic rings. The summed E-state index contributed by atoms with van der Waals surface area (Å²) in [4.78, 5) is 18.0. The molecule has 1 saturated carbocycles. The molecule has 1 fully saturated rings. The van der Waals surface area contributed by atoms with E-state index >= 15 is 0 Å². The normalized spacial score (nSPS) is 19.5. The summed E-state index contributed by atoms with van der Waals surface area (Å²) in [6.07, 6.45) is 8.31. The number of hydrogen-bond acceptors (Lipinski definition) is 4. The number of rotatable bonds is 4. The van der Waals surface area contributed by atoms with E-state index in [2.05, 4.69) is 11.9 Å². The Hall–Kier alpha value is -2.99. The number of aromatic nitrogens is 4. The molecule has 0 aliphatic heterocycles. The van der Waals surface area contributed by atoms with Crippen molar-refractivity contribution in [3.8, 4) is 11.1 Å². The molecule has 1 aromatic carbocycles. The Balaban J connectivity index is 1.72. The van der Waals surface area contributed by atoms with E-state index in [9.17, 15) is 4.79 Å². The molecule has 2 atom stereocenters. The van der Waals surface area contributed by atoms with Crippen LogP contribution >= 0.6 is 0 Å². The summed E-state index contributed by atoms with van der Waals surface area (Å²) in [5, 5.41) is 5.39. The van der Waals surface area contributed by atoms with Gasteiger partial charge >= 0.3 is 0 Å². The molecule has 0 unspecified atom stereocenters. The Kier molecular flexibility index (Phi) is 4.87. The number of fused-ring (bicyclic) bond motifs is 3. The van der Waals surface area contributed by atoms with Crippen molar-refractivity contribution in [3.05, 3.63) is 64.8 Å². The summed E-state index contributed by atoms with van der Waals surface area (Å²) in [6.45, 7) is 2.63. The summed E-state index contributed by atoms with van der Waals surface area (Å²) in [5.74, 6) is 0.508. The fraction of sp³-hybridized carbons (Fsp3) is 0.375. The highest BCUT2D eigenvalue weighted by Gasteiger charge is 2.25. The molecule has 0 spiro atoms. The van der Waals surface area contributed by atoms with Gasteiger partial charge in [0.05, 0.1) is 28.8 Å². The van der Waals surface area contributed by atoms with Gasteiger partial charge in [-0.1, -0.05) is 50.1 Å². The van der Waals surface area contributed by atoms with Gasteiger partial charge < -0.3 is 9.30 Å². The molecule has 6 heteroatoms. The van der Waals surface area contributed by atoms with Crippen LogP contribution in [0.1, 0.15) is 44.3 Å². The number of benzene rings is 1. The van der Waals surface area contributed by atoms with Crippen molar-refractivity contribution < 1.29 is 4.74 Å². The zero-order valence-corrected chi connectivity index (χ0v) is 17.4. The molecule has 30 heavy (non-hydrogen) atoms. The van der Waals surface area contributed by atoms with Crippen LogP contribution in [0.5, 0.6) is 0 Å². The van der Waals surface area contributed by atoms with Crippen molar-refractivity contribution in [2.75, 3.05) is 7.11 Å². The Bertz CT molecular complexity index is 1260. The summed E-state index contributed by atoms with van der Waals surface area (Å²) >= 11 is 0. The predicted molar refractivity (Wildman–Crippen MR) is 118 cm³/mol. The quantitative estimate of drug-likeness (QED) is 0.500. The monoisotopic (exact) mass is 402 g/mol. The van der Waals surface area contributed by atoms with Crippen LogP contribution in [0.4, 0.5) is 0 Å². The van der Waals surface area contributed by atoms with Gasteiger partial charge in [0.15, 0.2) is 5.65 Å². The molecule has 0 amide bonds. The minimum absolute atomic E-state index is 0.0192. The third-order valence-electron chi connectivity index (χ3n) is 6.38. The molecule has 4 aromatic rings. The van der Waals surface area contributed by atoms with Crippen LogP contribution < -0.4 is 5.56 Å². The Morgan fingerprint density at radius 1 is 1.13 bits per heavy atom. The molecule has 0 N–H and O–H groups in total. The summed E-state index contributed by atoms with van der Waals surface area (Å²) in [7, 11) is 1.66. The Morgan fingerprint density at radius 3 is 2.70 bits per heavy atom. The minimum Gasteiger partial charge on any atom is -0.378 e. The number of methoxy groups -OCH3 is 1. The van der Waals surface area contributed by atoms with Gasteiger partial charge in [0.2, 0.25) is 0 Å². The molecule has 6 nitrogen and oxygen atoms in total. The lowest BCUT2D eigenvalue weighted by Crippen LogP contribution is -2.30. The van der Waals surface area contributed by atoms with Crippen molar-refractivity contribution in [2.24, 2.45) is 5.92 Å². The zero-order chi connectivity index (χ0) is 20.7. The summed E-state index contributed by atoms with van der Waals surface area (Å²) < 4.78 is 9.10. The second-order valence-electron chi connectivity index (χ2n) is 8.27. The van der Waals surface area contributed by atoms with Crippen LogP contribution in [-0.2, 0) is 11.3 Å². The van der Waals surface area contributed by atoms with Crippen molar-refractivity contribution in [3.63, 3.8) is 0 Å². The highest BCUT2D eigenvalue weighted by molar-refractivity contribution is 5.86.